The fraction of sp³-hybridized carbons (Fsp3) is 0.471. The summed E-state index contributed by atoms with van der Waals surface area (Å²) in [5.41, 5.74) is 2.13. The summed E-state index contributed by atoms with van der Waals surface area (Å²) in [6.45, 7) is 3.62. The normalized spacial score (nSPS) is 16.3. The SMILES string of the molecule is O=CN1CCC(CNCCc2c[nH]c3ccc(F)cc23)CC1. The fourth-order valence-corrected chi connectivity index (χ4v) is 3.15. The van der Waals surface area contributed by atoms with E-state index in [4.69, 9.17) is 0 Å². The van der Waals surface area contributed by atoms with Crippen molar-refractivity contribution >= 4 is 17.3 Å². The maximum atomic E-state index is 13.3. The Balaban J connectivity index is 1.45. The fourth-order valence-electron chi connectivity index (χ4n) is 3.15. The van der Waals surface area contributed by atoms with Crippen LogP contribution < -0.4 is 5.32 Å². The van der Waals surface area contributed by atoms with Crippen molar-refractivity contribution in [2.75, 3.05) is 26.2 Å². The molecule has 2 heterocycles. The van der Waals surface area contributed by atoms with Crippen LogP contribution in [0.3, 0.4) is 0 Å². The Hall–Kier alpha value is -1.88. The molecule has 0 bridgehead atoms. The third kappa shape index (κ3) is 3.47. The van der Waals surface area contributed by atoms with Crippen molar-refractivity contribution in [3.05, 3.63) is 35.8 Å². The lowest BCUT2D eigenvalue weighted by Gasteiger charge is -2.29. The highest BCUT2D eigenvalue weighted by Crippen LogP contribution is 2.20. The Morgan fingerprint density at radius 3 is 2.95 bits per heavy atom. The highest BCUT2D eigenvalue weighted by Gasteiger charge is 2.17. The molecule has 3 rings (SSSR count). The van der Waals surface area contributed by atoms with Crippen molar-refractivity contribution in [2.24, 2.45) is 5.92 Å². The Morgan fingerprint density at radius 2 is 2.18 bits per heavy atom. The lowest BCUT2D eigenvalue weighted by atomic mass is 9.97. The summed E-state index contributed by atoms with van der Waals surface area (Å²) < 4.78 is 13.3. The summed E-state index contributed by atoms with van der Waals surface area (Å²) >= 11 is 0. The van der Waals surface area contributed by atoms with Gasteiger partial charge in [-0.25, -0.2) is 4.39 Å². The predicted molar refractivity (Wildman–Crippen MR) is 85.2 cm³/mol. The van der Waals surface area contributed by atoms with Gasteiger partial charge in [0.25, 0.3) is 0 Å². The van der Waals surface area contributed by atoms with Crippen molar-refractivity contribution in [1.82, 2.24) is 15.2 Å². The number of carbonyl (C=O) groups is 1. The third-order valence-corrected chi connectivity index (χ3v) is 4.53. The molecule has 5 heteroatoms. The maximum Gasteiger partial charge on any atom is 0.209 e. The van der Waals surface area contributed by atoms with E-state index >= 15 is 0 Å². The molecule has 1 fully saturated rings. The number of halogens is 1. The Morgan fingerprint density at radius 1 is 1.36 bits per heavy atom. The smallest absolute Gasteiger partial charge is 0.209 e. The van der Waals surface area contributed by atoms with Gasteiger partial charge in [0.1, 0.15) is 5.82 Å². The molecule has 1 aliphatic rings. The number of nitrogens with one attached hydrogen (secondary N) is 2. The van der Waals surface area contributed by atoms with Crippen LogP contribution in [-0.4, -0.2) is 42.5 Å². The molecule has 0 radical (unpaired) electrons. The van der Waals surface area contributed by atoms with Crippen LogP contribution in [-0.2, 0) is 11.2 Å². The molecule has 22 heavy (non-hydrogen) atoms. The van der Waals surface area contributed by atoms with E-state index in [0.29, 0.717) is 5.92 Å². The zero-order valence-corrected chi connectivity index (χ0v) is 12.6. The van der Waals surface area contributed by atoms with Crippen LogP contribution in [0.5, 0.6) is 0 Å². The minimum atomic E-state index is -0.191. The summed E-state index contributed by atoms with van der Waals surface area (Å²) in [6, 6.07) is 4.85. The molecule has 1 aromatic heterocycles. The number of carbonyl (C=O) groups excluding carboxylic acids is 1. The molecule has 0 saturated carbocycles. The number of likely N-dealkylation sites (tertiary alicyclic amines) is 1. The average molecular weight is 303 g/mol. The van der Waals surface area contributed by atoms with Crippen LogP contribution in [0.25, 0.3) is 10.9 Å². The molecular formula is C17H22FN3O. The van der Waals surface area contributed by atoms with Gasteiger partial charge in [-0.3, -0.25) is 4.79 Å². The number of H-pyrrole nitrogens is 1. The Labute approximate surface area is 129 Å². The second kappa shape index (κ2) is 6.92. The van der Waals surface area contributed by atoms with Crippen LogP contribution >= 0.6 is 0 Å². The summed E-state index contributed by atoms with van der Waals surface area (Å²) in [5.74, 6) is 0.458. The molecule has 1 aliphatic heterocycles. The van der Waals surface area contributed by atoms with Crippen molar-refractivity contribution < 1.29 is 9.18 Å². The van der Waals surface area contributed by atoms with Crippen molar-refractivity contribution in [2.45, 2.75) is 19.3 Å². The minimum absolute atomic E-state index is 0.191. The molecule has 0 spiro atoms. The molecule has 4 nitrogen and oxygen atoms in total. The van der Waals surface area contributed by atoms with E-state index in [-0.39, 0.29) is 5.82 Å². The Bertz CT molecular complexity index is 632. The maximum absolute atomic E-state index is 13.3. The van der Waals surface area contributed by atoms with Crippen LogP contribution in [0.1, 0.15) is 18.4 Å². The van der Waals surface area contributed by atoms with Crippen molar-refractivity contribution in [3.63, 3.8) is 0 Å². The zero-order valence-electron chi connectivity index (χ0n) is 12.6. The first kappa shape index (κ1) is 15.0. The van der Waals surface area contributed by atoms with Gasteiger partial charge in [0.05, 0.1) is 0 Å². The third-order valence-electron chi connectivity index (χ3n) is 4.53. The van der Waals surface area contributed by atoms with Gasteiger partial charge in [0, 0.05) is 30.2 Å². The van der Waals surface area contributed by atoms with Gasteiger partial charge in [-0.2, -0.15) is 0 Å². The number of hydrogen-bond acceptors (Lipinski definition) is 2. The largest absolute Gasteiger partial charge is 0.361 e. The summed E-state index contributed by atoms with van der Waals surface area (Å²) in [7, 11) is 0. The molecule has 0 unspecified atom stereocenters. The van der Waals surface area contributed by atoms with Crippen LogP contribution in [0.15, 0.2) is 24.4 Å². The first-order valence-corrected chi connectivity index (χ1v) is 7.92. The van der Waals surface area contributed by atoms with Crippen molar-refractivity contribution in [1.29, 1.82) is 0 Å². The minimum Gasteiger partial charge on any atom is -0.361 e. The highest BCUT2D eigenvalue weighted by atomic mass is 19.1. The van der Waals surface area contributed by atoms with E-state index in [9.17, 15) is 9.18 Å². The van der Waals surface area contributed by atoms with E-state index in [0.717, 1.165) is 68.3 Å². The molecule has 0 aliphatic carbocycles. The predicted octanol–water partition coefficient (Wildman–Crippen LogP) is 2.31. The molecule has 1 saturated heterocycles. The molecule has 1 amide bonds. The van der Waals surface area contributed by atoms with Gasteiger partial charge >= 0.3 is 0 Å². The number of fused-ring (bicyclic) bond motifs is 1. The van der Waals surface area contributed by atoms with Gasteiger partial charge < -0.3 is 15.2 Å². The quantitative estimate of drug-likeness (QED) is 0.635. The molecule has 1 aromatic carbocycles. The van der Waals surface area contributed by atoms with E-state index in [1.54, 1.807) is 12.1 Å². The topological polar surface area (TPSA) is 48.1 Å². The summed E-state index contributed by atoms with van der Waals surface area (Å²) in [4.78, 5) is 15.7. The van der Waals surface area contributed by atoms with Crippen LogP contribution in [0, 0.1) is 11.7 Å². The molecule has 118 valence electrons. The molecule has 0 atom stereocenters. The van der Waals surface area contributed by atoms with E-state index in [1.807, 2.05) is 11.1 Å². The van der Waals surface area contributed by atoms with Gasteiger partial charge in [-0.15, -0.1) is 0 Å². The molecule has 2 N–H and O–H groups in total. The zero-order chi connectivity index (χ0) is 15.4. The number of hydrogen-bond donors (Lipinski definition) is 2. The van der Waals surface area contributed by atoms with Gasteiger partial charge in [-0.1, -0.05) is 0 Å². The lowest BCUT2D eigenvalue weighted by molar-refractivity contribution is -0.119. The number of nitrogens with zero attached hydrogens (tertiary/aromatic N) is 1. The number of benzene rings is 1. The number of aromatic nitrogens is 1. The van der Waals surface area contributed by atoms with Gasteiger partial charge in [-0.05, 0) is 62.0 Å². The summed E-state index contributed by atoms with van der Waals surface area (Å²) in [5, 5.41) is 4.46. The van der Waals surface area contributed by atoms with Gasteiger partial charge in [0.2, 0.25) is 6.41 Å². The number of rotatable bonds is 6. The van der Waals surface area contributed by atoms with Crippen LogP contribution in [0.4, 0.5) is 4.39 Å². The average Bonchev–Trinajstić information content (AvgIpc) is 2.94. The van der Waals surface area contributed by atoms with E-state index in [1.165, 1.54) is 6.07 Å². The highest BCUT2D eigenvalue weighted by molar-refractivity contribution is 5.83. The Kier molecular flexibility index (Phi) is 4.73. The number of amides is 1. The van der Waals surface area contributed by atoms with E-state index < -0.39 is 0 Å². The lowest BCUT2D eigenvalue weighted by Crippen LogP contribution is -2.36. The monoisotopic (exact) mass is 303 g/mol. The first-order chi connectivity index (χ1) is 10.8. The second-order valence-electron chi connectivity index (χ2n) is 6.04. The summed E-state index contributed by atoms with van der Waals surface area (Å²) in [6.07, 6.45) is 5.94. The standard InChI is InChI=1S/C17H22FN3O/c18-15-1-2-17-16(9-15)14(11-20-17)3-6-19-10-13-4-7-21(12-22)8-5-13/h1-2,9,11-13,19-20H,3-8,10H2. The number of aromatic amines is 1. The number of piperidine rings is 1. The second-order valence-corrected chi connectivity index (χ2v) is 6.04. The van der Waals surface area contributed by atoms with Gasteiger partial charge in [0.15, 0.2) is 0 Å². The van der Waals surface area contributed by atoms with Crippen LogP contribution in [0.2, 0.25) is 0 Å². The molecule has 2 aromatic rings. The first-order valence-electron chi connectivity index (χ1n) is 7.92. The van der Waals surface area contributed by atoms with E-state index in [2.05, 4.69) is 10.3 Å². The molecular weight excluding hydrogens is 281 g/mol. The van der Waals surface area contributed by atoms with Crippen molar-refractivity contribution in [3.8, 4) is 0 Å².